The molecule has 0 saturated carbocycles. The Hall–Kier alpha value is -3.85. The molecule has 2 amide bonds. The van der Waals surface area contributed by atoms with Crippen LogP contribution in [0.2, 0.25) is 0 Å². The van der Waals surface area contributed by atoms with E-state index in [1.54, 1.807) is 42.5 Å². The molecule has 208 valence electrons. The van der Waals surface area contributed by atoms with Crippen LogP contribution >= 0.6 is 0 Å². The summed E-state index contributed by atoms with van der Waals surface area (Å²) in [5, 5.41) is 2.90. The third kappa shape index (κ3) is 7.60. The second kappa shape index (κ2) is 13.3. The lowest BCUT2D eigenvalue weighted by Crippen LogP contribution is -2.53. The van der Waals surface area contributed by atoms with E-state index in [9.17, 15) is 18.0 Å². The van der Waals surface area contributed by atoms with Gasteiger partial charge in [-0.2, -0.15) is 0 Å². The predicted molar refractivity (Wildman–Crippen MR) is 153 cm³/mol. The summed E-state index contributed by atoms with van der Waals surface area (Å²) in [6.07, 6.45) is 0.365. The fraction of sp³-hybridized carbons (Fsp3) is 0.333. The van der Waals surface area contributed by atoms with E-state index >= 15 is 0 Å². The number of anilines is 1. The lowest BCUT2D eigenvalue weighted by molar-refractivity contribution is -0.140. The monoisotopic (exact) mass is 551 g/mol. The van der Waals surface area contributed by atoms with Crippen molar-refractivity contribution < 1.29 is 22.7 Å². The van der Waals surface area contributed by atoms with E-state index in [1.165, 1.54) is 24.1 Å². The van der Waals surface area contributed by atoms with Gasteiger partial charge in [0.15, 0.2) is 0 Å². The first-order chi connectivity index (χ1) is 18.6. The molecule has 0 aromatic heterocycles. The Bertz CT molecular complexity index is 1340. The molecule has 0 heterocycles. The molecule has 0 fully saturated rings. The van der Waals surface area contributed by atoms with E-state index in [0.717, 1.165) is 15.4 Å². The summed E-state index contributed by atoms with van der Waals surface area (Å²) in [5.74, 6) is -0.217. The summed E-state index contributed by atoms with van der Waals surface area (Å²) < 4.78 is 33.9. The summed E-state index contributed by atoms with van der Waals surface area (Å²) in [6.45, 7) is 7.19. The number of aryl methyl sites for hydroxylation is 1. The molecule has 0 radical (unpaired) electrons. The van der Waals surface area contributed by atoms with Gasteiger partial charge in [-0.3, -0.25) is 13.9 Å². The first kappa shape index (κ1) is 29.7. The fourth-order valence-electron chi connectivity index (χ4n) is 4.19. The summed E-state index contributed by atoms with van der Waals surface area (Å²) >= 11 is 0. The van der Waals surface area contributed by atoms with Gasteiger partial charge < -0.3 is 15.0 Å². The van der Waals surface area contributed by atoms with Crippen LogP contribution in [0.1, 0.15) is 38.3 Å². The van der Waals surface area contributed by atoms with Gasteiger partial charge >= 0.3 is 0 Å². The van der Waals surface area contributed by atoms with Crippen LogP contribution in [-0.2, 0) is 26.2 Å². The quantitative estimate of drug-likeness (QED) is 0.357. The van der Waals surface area contributed by atoms with Crippen molar-refractivity contribution >= 4 is 27.5 Å². The summed E-state index contributed by atoms with van der Waals surface area (Å²) in [4.78, 5) is 28.7. The molecule has 9 heteroatoms. The van der Waals surface area contributed by atoms with Crippen molar-refractivity contribution in [2.75, 3.05) is 18.0 Å². The van der Waals surface area contributed by atoms with Crippen LogP contribution in [0.5, 0.6) is 5.75 Å². The van der Waals surface area contributed by atoms with Crippen molar-refractivity contribution in [3.05, 3.63) is 90.0 Å². The molecular formula is C30H37N3O5S. The minimum Gasteiger partial charge on any atom is -0.497 e. The van der Waals surface area contributed by atoms with Crippen LogP contribution in [-0.4, -0.2) is 50.9 Å². The Morgan fingerprint density at radius 1 is 0.923 bits per heavy atom. The smallest absolute Gasteiger partial charge is 0.264 e. The second-order valence-corrected chi connectivity index (χ2v) is 11.5. The van der Waals surface area contributed by atoms with Gasteiger partial charge in [0.2, 0.25) is 11.8 Å². The Kier molecular flexibility index (Phi) is 10.1. The number of sulfonamides is 1. The van der Waals surface area contributed by atoms with E-state index in [1.807, 2.05) is 52.0 Å². The standard InChI is InChI=1S/C30H37N3O5S/c1-6-28(30(35)31-22(2)3)32(20-24-14-12-23(4)13-15-24)29(34)21-33(25-16-18-26(38-5)19-17-25)39(36,37)27-10-8-7-9-11-27/h7-19,22,28H,6,20-21H2,1-5H3,(H,31,35). The lowest BCUT2D eigenvalue weighted by Gasteiger charge is -2.33. The Labute approximate surface area is 231 Å². The molecule has 0 aliphatic carbocycles. The number of amides is 2. The van der Waals surface area contributed by atoms with Crippen molar-refractivity contribution in [1.29, 1.82) is 0 Å². The van der Waals surface area contributed by atoms with E-state index in [4.69, 9.17) is 4.74 Å². The third-order valence-electron chi connectivity index (χ3n) is 6.26. The van der Waals surface area contributed by atoms with Crippen LogP contribution in [0.25, 0.3) is 0 Å². The molecule has 3 aromatic carbocycles. The van der Waals surface area contributed by atoms with Gasteiger partial charge in [0.05, 0.1) is 17.7 Å². The van der Waals surface area contributed by atoms with E-state index in [-0.39, 0.29) is 23.4 Å². The van der Waals surface area contributed by atoms with Gasteiger partial charge in [-0.05, 0) is 69.2 Å². The van der Waals surface area contributed by atoms with Crippen LogP contribution in [0.3, 0.4) is 0 Å². The molecule has 1 atom stereocenters. The van der Waals surface area contributed by atoms with Crippen molar-refractivity contribution in [3.63, 3.8) is 0 Å². The number of benzene rings is 3. The molecule has 3 aromatic rings. The highest BCUT2D eigenvalue weighted by atomic mass is 32.2. The molecule has 0 bridgehead atoms. The molecule has 0 saturated heterocycles. The van der Waals surface area contributed by atoms with Gasteiger partial charge in [-0.15, -0.1) is 0 Å². The van der Waals surface area contributed by atoms with Crippen LogP contribution in [0.4, 0.5) is 5.69 Å². The molecular weight excluding hydrogens is 514 g/mol. The normalized spacial score (nSPS) is 12.1. The number of hydrogen-bond acceptors (Lipinski definition) is 5. The largest absolute Gasteiger partial charge is 0.497 e. The molecule has 1 N–H and O–H groups in total. The Balaban J connectivity index is 2.05. The number of carbonyl (C=O) groups is 2. The molecule has 0 aliphatic rings. The van der Waals surface area contributed by atoms with E-state index in [2.05, 4.69) is 5.32 Å². The van der Waals surface area contributed by atoms with E-state index in [0.29, 0.717) is 17.9 Å². The van der Waals surface area contributed by atoms with Crippen molar-refractivity contribution in [3.8, 4) is 5.75 Å². The van der Waals surface area contributed by atoms with Gasteiger partial charge in [0, 0.05) is 12.6 Å². The number of hydrogen-bond donors (Lipinski definition) is 1. The molecule has 39 heavy (non-hydrogen) atoms. The maximum atomic E-state index is 14.0. The zero-order valence-corrected chi connectivity index (χ0v) is 23.9. The minimum atomic E-state index is -4.11. The Morgan fingerprint density at radius 3 is 2.08 bits per heavy atom. The van der Waals surface area contributed by atoms with Gasteiger partial charge in [-0.1, -0.05) is 55.0 Å². The highest BCUT2D eigenvalue weighted by molar-refractivity contribution is 7.92. The zero-order chi connectivity index (χ0) is 28.6. The van der Waals surface area contributed by atoms with Gasteiger partial charge in [0.25, 0.3) is 10.0 Å². The second-order valence-electron chi connectivity index (χ2n) is 9.62. The molecule has 0 spiro atoms. The van der Waals surface area contributed by atoms with Gasteiger partial charge in [0.1, 0.15) is 18.3 Å². The zero-order valence-electron chi connectivity index (χ0n) is 23.1. The number of carbonyl (C=O) groups excluding carboxylic acids is 2. The first-order valence-corrected chi connectivity index (χ1v) is 14.4. The first-order valence-electron chi connectivity index (χ1n) is 12.9. The molecule has 0 aliphatic heterocycles. The maximum absolute atomic E-state index is 14.0. The fourth-order valence-corrected chi connectivity index (χ4v) is 5.62. The lowest BCUT2D eigenvalue weighted by atomic mass is 10.1. The highest BCUT2D eigenvalue weighted by Gasteiger charge is 2.33. The van der Waals surface area contributed by atoms with Gasteiger partial charge in [-0.25, -0.2) is 8.42 Å². The van der Waals surface area contributed by atoms with E-state index < -0.39 is 28.5 Å². The van der Waals surface area contributed by atoms with Crippen molar-refractivity contribution in [2.24, 2.45) is 0 Å². The number of methoxy groups -OCH3 is 1. The van der Waals surface area contributed by atoms with Crippen LogP contribution in [0.15, 0.2) is 83.8 Å². The van der Waals surface area contributed by atoms with Crippen LogP contribution in [0, 0.1) is 6.92 Å². The number of ether oxygens (including phenoxy) is 1. The number of rotatable bonds is 12. The topological polar surface area (TPSA) is 96.0 Å². The summed E-state index contributed by atoms with van der Waals surface area (Å²) in [5.41, 5.74) is 2.22. The summed E-state index contributed by atoms with van der Waals surface area (Å²) in [7, 11) is -2.59. The summed E-state index contributed by atoms with van der Waals surface area (Å²) in [6, 6.07) is 21.3. The molecule has 8 nitrogen and oxygen atoms in total. The highest BCUT2D eigenvalue weighted by Crippen LogP contribution is 2.26. The maximum Gasteiger partial charge on any atom is 0.264 e. The van der Waals surface area contributed by atoms with Crippen molar-refractivity contribution in [1.82, 2.24) is 10.2 Å². The number of nitrogens with zero attached hydrogens (tertiary/aromatic N) is 2. The van der Waals surface area contributed by atoms with Crippen LogP contribution < -0.4 is 14.4 Å². The minimum absolute atomic E-state index is 0.0586. The Morgan fingerprint density at radius 2 is 1.54 bits per heavy atom. The average molecular weight is 552 g/mol. The third-order valence-corrected chi connectivity index (χ3v) is 8.05. The predicted octanol–water partition coefficient (Wildman–Crippen LogP) is 4.53. The average Bonchev–Trinajstić information content (AvgIpc) is 2.92. The number of nitrogens with one attached hydrogen (secondary N) is 1. The SMILES string of the molecule is CCC(C(=O)NC(C)C)N(Cc1ccc(C)cc1)C(=O)CN(c1ccc(OC)cc1)S(=O)(=O)c1ccccc1. The molecule has 1 unspecified atom stereocenters. The van der Waals surface area contributed by atoms with Crippen molar-refractivity contribution in [2.45, 2.75) is 57.6 Å². The molecule has 3 rings (SSSR count).